The molecule has 1 aromatic carbocycles. The third kappa shape index (κ3) is 6.70. The van der Waals surface area contributed by atoms with Crippen molar-refractivity contribution in [3.63, 3.8) is 0 Å². The van der Waals surface area contributed by atoms with Gasteiger partial charge in [-0.25, -0.2) is 0 Å². The van der Waals surface area contributed by atoms with Gasteiger partial charge in [-0.05, 0) is 42.6 Å². The Morgan fingerprint density at radius 1 is 1.21 bits per heavy atom. The summed E-state index contributed by atoms with van der Waals surface area (Å²) in [4.78, 5) is 17.5. The van der Waals surface area contributed by atoms with Crippen LogP contribution in [0, 0.1) is 0 Å². The fourth-order valence-electron chi connectivity index (χ4n) is 1.76. The molecule has 24 heavy (non-hydrogen) atoms. The highest BCUT2D eigenvalue weighted by Gasteiger charge is 2.01. The van der Waals surface area contributed by atoms with Gasteiger partial charge in [0.15, 0.2) is 6.61 Å². The molecule has 0 fully saturated rings. The zero-order valence-electron chi connectivity index (χ0n) is 13.4. The Labute approximate surface area is 145 Å². The van der Waals surface area contributed by atoms with Crippen molar-refractivity contribution in [1.82, 2.24) is 5.32 Å². The van der Waals surface area contributed by atoms with E-state index >= 15 is 0 Å². The van der Waals surface area contributed by atoms with Crippen molar-refractivity contribution in [1.29, 1.82) is 0 Å². The van der Waals surface area contributed by atoms with Crippen molar-refractivity contribution in [3.05, 3.63) is 46.7 Å². The number of nitrogens with zero attached hydrogens (tertiary/aromatic N) is 1. The number of oxime groups is 1. The second-order valence-electron chi connectivity index (χ2n) is 4.63. The fraction of sp³-hybridized carbons (Fsp3) is 0.294. The Balaban J connectivity index is 1.55. The number of nitrogens with one attached hydrogen (secondary N) is 1. The van der Waals surface area contributed by atoms with Gasteiger partial charge in [-0.2, -0.15) is 0 Å². The van der Waals surface area contributed by atoms with Gasteiger partial charge in [-0.15, -0.1) is 11.3 Å². The molecule has 1 amide bonds. The molecule has 2 rings (SSSR count). The largest absolute Gasteiger partial charge is 0.494 e. The first-order chi connectivity index (χ1) is 11.8. The van der Waals surface area contributed by atoms with E-state index in [0.29, 0.717) is 19.8 Å². The summed E-state index contributed by atoms with van der Waals surface area (Å²) in [5, 5.41) is 8.37. The summed E-state index contributed by atoms with van der Waals surface area (Å²) in [7, 11) is 0. The first-order valence-electron chi connectivity index (χ1n) is 7.59. The molecule has 0 saturated heterocycles. The molecule has 0 unspecified atom stereocenters. The lowest BCUT2D eigenvalue weighted by Gasteiger charge is -2.08. The van der Waals surface area contributed by atoms with Crippen LogP contribution < -0.4 is 14.8 Å². The van der Waals surface area contributed by atoms with Crippen LogP contribution in [-0.4, -0.2) is 38.5 Å². The van der Waals surface area contributed by atoms with E-state index in [2.05, 4.69) is 10.5 Å². The second-order valence-corrected chi connectivity index (χ2v) is 5.61. The Hall–Kier alpha value is -2.54. The van der Waals surface area contributed by atoms with Crippen molar-refractivity contribution in [3.8, 4) is 11.5 Å². The van der Waals surface area contributed by atoms with E-state index in [-0.39, 0.29) is 12.5 Å². The molecule has 1 heterocycles. The van der Waals surface area contributed by atoms with E-state index in [1.165, 1.54) is 0 Å². The second kappa shape index (κ2) is 10.3. The van der Waals surface area contributed by atoms with Crippen molar-refractivity contribution >= 4 is 23.5 Å². The highest BCUT2D eigenvalue weighted by atomic mass is 32.1. The van der Waals surface area contributed by atoms with Gasteiger partial charge in [-0.3, -0.25) is 4.79 Å². The predicted molar refractivity (Wildman–Crippen MR) is 94.0 cm³/mol. The molecule has 0 saturated carbocycles. The van der Waals surface area contributed by atoms with Crippen molar-refractivity contribution in [2.75, 3.05) is 26.4 Å². The zero-order chi connectivity index (χ0) is 17.0. The lowest BCUT2D eigenvalue weighted by Crippen LogP contribution is -2.30. The third-order valence-electron chi connectivity index (χ3n) is 2.82. The number of hydrogen-bond acceptors (Lipinski definition) is 6. The van der Waals surface area contributed by atoms with E-state index in [1.54, 1.807) is 17.6 Å². The summed E-state index contributed by atoms with van der Waals surface area (Å²) in [5.41, 5.74) is 0. The standard InChI is InChI=1S/C17H20N2O4S/c1-2-21-14-5-7-15(8-6-14)22-10-9-18-17(20)13-23-19-12-16-4-3-11-24-16/h3-8,11-12H,2,9-10,13H2,1H3,(H,18,20)/b19-12+. The summed E-state index contributed by atoms with van der Waals surface area (Å²) < 4.78 is 10.9. The van der Waals surface area contributed by atoms with Gasteiger partial charge in [-0.1, -0.05) is 11.2 Å². The predicted octanol–water partition coefficient (Wildman–Crippen LogP) is 2.69. The number of rotatable bonds is 10. The van der Waals surface area contributed by atoms with Crippen LogP contribution in [0.3, 0.4) is 0 Å². The maximum absolute atomic E-state index is 11.6. The molecular weight excluding hydrogens is 328 g/mol. The number of ether oxygens (including phenoxy) is 2. The molecule has 6 nitrogen and oxygen atoms in total. The van der Waals surface area contributed by atoms with Crippen LogP contribution in [0.4, 0.5) is 0 Å². The van der Waals surface area contributed by atoms with Crippen LogP contribution in [-0.2, 0) is 9.63 Å². The third-order valence-corrected chi connectivity index (χ3v) is 3.63. The molecule has 0 spiro atoms. The van der Waals surface area contributed by atoms with Crippen molar-refractivity contribution in [2.45, 2.75) is 6.92 Å². The Morgan fingerprint density at radius 3 is 2.62 bits per heavy atom. The zero-order valence-corrected chi connectivity index (χ0v) is 14.3. The number of amides is 1. The number of thiophene rings is 1. The summed E-state index contributed by atoms with van der Waals surface area (Å²) in [6, 6.07) is 11.2. The number of hydrogen-bond donors (Lipinski definition) is 1. The minimum absolute atomic E-state index is 0.120. The smallest absolute Gasteiger partial charge is 0.260 e. The number of benzene rings is 1. The minimum Gasteiger partial charge on any atom is -0.494 e. The molecule has 7 heteroatoms. The molecular formula is C17H20N2O4S. The van der Waals surface area contributed by atoms with Crippen LogP contribution in [0.1, 0.15) is 11.8 Å². The fourth-order valence-corrected chi connectivity index (χ4v) is 2.33. The van der Waals surface area contributed by atoms with E-state index in [4.69, 9.17) is 14.3 Å². The maximum Gasteiger partial charge on any atom is 0.260 e. The molecule has 1 N–H and O–H groups in total. The van der Waals surface area contributed by atoms with Gasteiger partial charge in [0, 0.05) is 4.88 Å². The monoisotopic (exact) mass is 348 g/mol. The van der Waals surface area contributed by atoms with Crippen molar-refractivity contribution in [2.24, 2.45) is 5.16 Å². The molecule has 0 aliphatic rings. The molecule has 128 valence electrons. The normalized spacial score (nSPS) is 10.5. The summed E-state index contributed by atoms with van der Waals surface area (Å²) in [5.74, 6) is 1.29. The Kier molecular flexibility index (Phi) is 7.62. The SMILES string of the molecule is CCOc1ccc(OCCNC(=O)CO/N=C/c2cccs2)cc1. The topological polar surface area (TPSA) is 69.2 Å². The summed E-state index contributed by atoms with van der Waals surface area (Å²) >= 11 is 1.55. The molecule has 0 radical (unpaired) electrons. The highest BCUT2D eigenvalue weighted by molar-refractivity contribution is 7.11. The van der Waals surface area contributed by atoms with E-state index < -0.39 is 0 Å². The Morgan fingerprint density at radius 2 is 1.96 bits per heavy atom. The van der Waals surface area contributed by atoms with Gasteiger partial charge in [0.1, 0.15) is 18.1 Å². The quantitative estimate of drug-likeness (QED) is 0.407. The van der Waals surface area contributed by atoms with Gasteiger partial charge < -0.3 is 19.6 Å². The van der Waals surface area contributed by atoms with Crippen molar-refractivity contribution < 1.29 is 19.1 Å². The van der Waals surface area contributed by atoms with Gasteiger partial charge >= 0.3 is 0 Å². The lowest BCUT2D eigenvalue weighted by molar-refractivity contribution is -0.125. The van der Waals surface area contributed by atoms with Gasteiger partial charge in [0.25, 0.3) is 5.91 Å². The molecule has 0 aliphatic heterocycles. The maximum atomic E-state index is 11.6. The highest BCUT2D eigenvalue weighted by Crippen LogP contribution is 2.17. The minimum atomic E-state index is -0.242. The first kappa shape index (κ1) is 17.8. The molecule has 1 aromatic heterocycles. The van der Waals surface area contributed by atoms with E-state index in [0.717, 1.165) is 16.4 Å². The van der Waals surface area contributed by atoms with Crippen LogP contribution in [0.15, 0.2) is 46.9 Å². The molecule has 0 atom stereocenters. The molecule has 0 aliphatic carbocycles. The van der Waals surface area contributed by atoms with E-state index in [1.807, 2.05) is 48.7 Å². The number of carbonyl (C=O) groups is 1. The number of carbonyl (C=O) groups excluding carboxylic acids is 1. The van der Waals surface area contributed by atoms with Crippen LogP contribution >= 0.6 is 11.3 Å². The molecule has 0 bridgehead atoms. The average molecular weight is 348 g/mol. The summed E-state index contributed by atoms with van der Waals surface area (Å²) in [6.07, 6.45) is 1.58. The first-order valence-corrected chi connectivity index (χ1v) is 8.47. The lowest BCUT2D eigenvalue weighted by atomic mass is 10.3. The van der Waals surface area contributed by atoms with Gasteiger partial charge in [0.05, 0.1) is 19.4 Å². The Bertz CT molecular complexity index is 627. The van der Waals surface area contributed by atoms with Crippen LogP contribution in [0.2, 0.25) is 0 Å². The molecule has 2 aromatic rings. The average Bonchev–Trinajstić information content (AvgIpc) is 3.11. The van der Waals surface area contributed by atoms with E-state index in [9.17, 15) is 4.79 Å². The summed E-state index contributed by atoms with van der Waals surface area (Å²) in [6.45, 7) is 3.21. The van der Waals surface area contributed by atoms with Crippen LogP contribution in [0.5, 0.6) is 11.5 Å². The van der Waals surface area contributed by atoms with Gasteiger partial charge in [0.2, 0.25) is 0 Å². The van der Waals surface area contributed by atoms with Crippen LogP contribution in [0.25, 0.3) is 0 Å².